The second-order valence-electron chi connectivity index (χ2n) is 16.3. The molecule has 6 heterocycles. The molecular weight excluding hydrogens is 827 g/mol. The first-order valence-electron chi connectivity index (χ1n) is 21.6. The normalized spacial score (nSPS) is 13.9. The number of ether oxygens (including phenoxy) is 4. The van der Waals surface area contributed by atoms with Crippen LogP contribution >= 0.6 is 0 Å². The van der Waals surface area contributed by atoms with Crippen molar-refractivity contribution >= 4 is 39.3 Å². The molecule has 0 radical (unpaired) electrons. The Bertz CT molecular complexity index is 2800. The van der Waals surface area contributed by atoms with Gasteiger partial charge in [0.1, 0.15) is 23.1 Å². The largest absolute Gasteiger partial charge is 0.497 e. The molecular formula is C51H54F2N8O4. The van der Waals surface area contributed by atoms with E-state index < -0.39 is 11.6 Å². The minimum absolute atomic E-state index is 0.192. The van der Waals surface area contributed by atoms with Gasteiger partial charge in [-0.1, -0.05) is 6.07 Å². The Morgan fingerprint density at radius 2 is 1.18 bits per heavy atom. The molecule has 3 N–H and O–H groups in total. The minimum Gasteiger partial charge on any atom is -0.497 e. The highest BCUT2D eigenvalue weighted by molar-refractivity contribution is 5.99. The van der Waals surface area contributed by atoms with Crippen molar-refractivity contribution in [2.75, 3.05) is 87.7 Å². The fraction of sp³-hybridized carbons (Fsp3) is 0.294. The van der Waals surface area contributed by atoms with Gasteiger partial charge in [-0.3, -0.25) is 15.0 Å². The number of anilines is 5. The molecule has 0 spiro atoms. The molecule has 7 aromatic rings. The third kappa shape index (κ3) is 9.50. The molecule has 3 aromatic carbocycles. The molecule has 12 nitrogen and oxygen atoms in total. The first-order chi connectivity index (χ1) is 31.4. The van der Waals surface area contributed by atoms with Crippen molar-refractivity contribution in [2.45, 2.75) is 34.6 Å². The number of halogens is 2. The van der Waals surface area contributed by atoms with Gasteiger partial charge in [0.15, 0.2) is 0 Å². The van der Waals surface area contributed by atoms with Crippen LogP contribution in [0.5, 0.6) is 11.5 Å². The van der Waals surface area contributed by atoms with Gasteiger partial charge in [0.2, 0.25) is 0 Å². The summed E-state index contributed by atoms with van der Waals surface area (Å²) in [6.45, 7) is 16.0. The molecule has 0 aliphatic carbocycles. The third-order valence-electron chi connectivity index (χ3n) is 11.9. The molecule has 14 heteroatoms. The maximum absolute atomic E-state index is 15.5. The first-order valence-corrected chi connectivity index (χ1v) is 21.6. The summed E-state index contributed by atoms with van der Waals surface area (Å²) >= 11 is 0. The molecule has 4 aromatic heterocycles. The van der Waals surface area contributed by atoms with E-state index in [4.69, 9.17) is 29.7 Å². The Morgan fingerprint density at radius 3 is 1.71 bits per heavy atom. The number of aryl methyl sites for hydroxylation is 4. The summed E-state index contributed by atoms with van der Waals surface area (Å²) in [4.78, 5) is 23.2. The van der Waals surface area contributed by atoms with Crippen LogP contribution in [-0.2, 0) is 9.47 Å². The highest BCUT2D eigenvalue weighted by Gasteiger charge is 2.23. The van der Waals surface area contributed by atoms with Crippen molar-refractivity contribution in [2.24, 2.45) is 0 Å². The van der Waals surface area contributed by atoms with E-state index in [1.54, 1.807) is 20.4 Å². The van der Waals surface area contributed by atoms with Crippen LogP contribution in [0, 0.1) is 46.3 Å². The fourth-order valence-corrected chi connectivity index (χ4v) is 8.70. The molecule has 65 heavy (non-hydrogen) atoms. The molecule has 0 atom stereocenters. The van der Waals surface area contributed by atoms with Gasteiger partial charge >= 0.3 is 0 Å². The smallest absolute Gasteiger partial charge is 0.137 e. The number of aromatic nitrogens is 4. The minimum atomic E-state index is -0.702. The van der Waals surface area contributed by atoms with Crippen LogP contribution in [0.25, 0.3) is 44.8 Å². The summed E-state index contributed by atoms with van der Waals surface area (Å²) in [6.07, 6.45) is 5.44. The second-order valence-corrected chi connectivity index (χ2v) is 16.3. The monoisotopic (exact) mass is 880 g/mol. The lowest BCUT2D eigenvalue weighted by Crippen LogP contribution is -2.36. The zero-order valence-electron chi connectivity index (χ0n) is 37.9. The standard InChI is InChI=1S/C33H31F2N5O2.C18H23N3O2/c1-19-13-24(41-4)14-20(2)29(19)33-28(17-23(18-37-33)40-9-11-42-12-10-40)39-32-21(3)31(26-7-5-6-8-36-26)38-27-16-22(34)15-25(35)30(27)32;1-12-8-15(22-3)9-13(2)17(12)18-16(19)10-14(11-20-18)21-4-6-23-7-5-21/h5-8,13-18H,9-12H2,1-4H3,(H,38,39);8-11H,4-7,19H2,1-3H3. The number of methoxy groups -OCH3 is 2. The van der Waals surface area contributed by atoms with Crippen LogP contribution in [-0.4, -0.2) is 86.8 Å². The average Bonchev–Trinajstić information content (AvgIpc) is 3.31. The molecule has 0 saturated carbocycles. The van der Waals surface area contributed by atoms with Crippen molar-refractivity contribution in [1.29, 1.82) is 0 Å². The quantitative estimate of drug-likeness (QED) is 0.143. The Labute approximate surface area is 378 Å². The summed E-state index contributed by atoms with van der Waals surface area (Å²) in [6, 6.07) is 19.6. The molecule has 0 bridgehead atoms. The topological polar surface area (TPSA) is 133 Å². The maximum Gasteiger partial charge on any atom is 0.137 e. The Balaban J connectivity index is 0.000000211. The van der Waals surface area contributed by atoms with E-state index in [1.165, 1.54) is 6.07 Å². The van der Waals surface area contributed by atoms with Gasteiger partial charge in [-0.05, 0) is 105 Å². The van der Waals surface area contributed by atoms with E-state index in [0.717, 1.165) is 107 Å². The van der Waals surface area contributed by atoms with Crippen LogP contribution in [0.1, 0.15) is 27.8 Å². The summed E-state index contributed by atoms with van der Waals surface area (Å²) in [5, 5.41) is 3.73. The number of nitrogen functional groups attached to an aromatic ring is 1. The molecule has 2 fully saturated rings. The Kier molecular flexibility index (Phi) is 13.4. The van der Waals surface area contributed by atoms with Crippen LogP contribution in [0.4, 0.5) is 37.2 Å². The number of benzene rings is 3. The number of hydrogen-bond donors (Lipinski definition) is 2. The Hall–Kier alpha value is -6.90. The number of nitrogens with zero attached hydrogens (tertiary/aromatic N) is 6. The van der Waals surface area contributed by atoms with Crippen LogP contribution in [0.15, 0.2) is 85.3 Å². The van der Waals surface area contributed by atoms with Gasteiger partial charge in [0.05, 0.1) is 115 Å². The molecule has 9 rings (SSSR count). The van der Waals surface area contributed by atoms with Gasteiger partial charge in [0.25, 0.3) is 0 Å². The van der Waals surface area contributed by atoms with E-state index >= 15 is 4.39 Å². The van der Waals surface area contributed by atoms with Crippen molar-refractivity contribution in [1.82, 2.24) is 19.9 Å². The average molecular weight is 881 g/mol. The fourth-order valence-electron chi connectivity index (χ4n) is 8.70. The highest BCUT2D eigenvalue weighted by atomic mass is 19.1. The maximum atomic E-state index is 15.5. The van der Waals surface area contributed by atoms with E-state index in [1.807, 2.05) is 87.8 Å². The lowest BCUT2D eigenvalue weighted by Gasteiger charge is -2.29. The summed E-state index contributed by atoms with van der Waals surface area (Å²) in [5.74, 6) is 0.210. The molecule has 2 saturated heterocycles. The number of nitrogens with two attached hydrogens (primary N) is 1. The highest BCUT2D eigenvalue weighted by Crippen LogP contribution is 2.42. The third-order valence-corrected chi connectivity index (χ3v) is 11.9. The number of fused-ring (bicyclic) bond motifs is 1. The molecule has 2 aliphatic heterocycles. The number of pyridine rings is 4. The van der Waals surface area contributed by atoms with Gasteiger partial charge in [-0.15, -0.1) is 0 Å². The summed E-state index contributed by atoms with van der Waals surface area (Å²) in [7, 11) is 3.32. The molecule has 2 aliphatic rings. The van der Waals surface area contributed by atoms with Gasteiger partial charge in [-0.25, -0.2) is 13.8 Å². The summed E-state index contributed by atoms with van der Waals surface area (Å²) in [5.41, 5.74) is 19.9. The molecule has 0 unspecified atom stereocenters. The van der Waals surface area contributed by atoms with Crippen LogP contribution in [0.2, 0.25) is 0 Å². The summed E-state index contributed by atoms with van der Waals surface area (Å²) < 4.78 is 51.7. The van der Waals surface area contributed by atoms with E-state index in [0.29, 0.717) is 52.9 Å². The Morgan fingerprint density at radius 1 is 0.646 bits per heavy atom. The zero-order valence-corrected chi connectivity index (χ0v) is 37.9. The van der Waals surface area contributed by atoms with Crippen molar-refractivity contribution < 1.29 is 27.7 Å². The van der Waals surface area contributed by atoms with Gasteiger partial charge < -0.3 is 39.8 Å². The van der Waals surface area contributed by atoms with Crippen LogP contribution < -0.4 is 30.3 Å². The van der Waals surface area contributed by atoms with E-state index in [2.05, 4.69) is 43.9 Å². The second kappa shape index (κ2) is 19.5. The van der Waals surface area contributed by atoms with E-state index in [9.17, 15) is 4.39 Å². The molecule has 336 valence electrons. The lowest BCUT2D eigenvalue weighted by atomic mass is 9.97. The van der Waals surface area contributed by atoms with Crippen LogP contribution in [0.3, 0.4) is 0 Å². The predicted molar refractivity (Wildman–Crippen MR) is 255 cm³/mol. The van der Waals surface area contributed by atoms with Crippen molar-refractivity contribution in [3.63, 3.8) is 0 Å². The number of morpholine rings is 2. The first kappa shape index (κ1) is 44.7. The SMILES string of the molecule is COc1cc(C)c(-c2ncc(N3CCOCC3)cc2N)c(C)c1.COc1cc(C)c(-c2ncc(N3CCOCC3)cc2Nc2c(C)c(-c3ccccn3)nc3cc(F)cc(F)c23)c(C)c1. The van der Waals surface area contributed by atoms with Crippen molar-refractivity contribution in [3.8, 4) is 45.4 Å². The van der Waals surface area contributed by atoms with Gasteiger partial charge in [0, 0.05) is 61.2 Å². The number of nitrogens with one attached hydrogen (secondary N) is 1. The van der Waals surface area contributed by atoms with E-state index in [-0.39, 0.29) is 10.9 Å². The lowest BCUT2D eigenvalue weighted by molar-refractivity contribution is 0.122. The van der Waals surface area contributed by atoms with Crippen molar-refractivity contribution in [3.05, 3.63) is 125 Å². The number of hydrogen-bond acceptors (Lipinski definition) is 12. The zero-order chi connectivity index (χ0) is 45.8. The molecule has 0 amide bonds. The van der Waals surface area contributed by atoms with Gasteiger partial charge in [-0.2, -0.15) is 0 Å². The number of rotatable bonds is 9. The predicted octanol–water partition coefficient (Wildman–Crippen LogP) is 9.94.